The van der Waals surface area contributed by atoms with Crippen molar-refractivity contribution in [3.63, 3.8) is 0 Å². The van der Waals surface area contributed by atoms with Crippen LogP contribution in [-0.4, -0.2) is 17.6 Å². The third-order valence-corrected chi connectivity index (χ3v) is 19.5. The fraction of sp³-hybridized carbons (Fsp3) is 0.265. The summed E-state index contributed by atoms with van der Waals surface area (Å²) in [6.45, 7) is 32.3. The molecule has 0 spiro atoms. The summed E-state index contributed by atoms with van der Waals surface area (Å²) in [5.41, 5.74) is 12.9. The molecule has 9 aromatic rings. The van der Waals surface area contributed by atoms with Crippen molar-refractivity contribution in [2.75, 3.05) is 9.80 Å². The van der Waals surface area contributed by atoms with Gasteiger partial charge in [0.05, 0.1) is 0 Å². The van der Waals surface area contributed by atoms with E-state index in [4.69, 9.17) is 4.98 Å². The predicted molar refractivity (Wildman–Crippen MR) is 314 cm³/mol. The molecule has 74 heavy (non-hydrogen) atoms. The molecule has 0 aliphatic carbocycles. The van der Waals surface area contributed by atoms with Crippen molar-refractivity contribution < 1.29 is 21.1 Å². The van der Waals surface area contributed by atoms with Crippen molar-refractivity contribution >= 4 is 62.0 Å². The largest absolute Gasteiger partial charge is 0.497 e. The van der Waals surface area contributed by atoms with Gasteiger partial charge in [0.15, 0.2) is 0 Å². The summed E-state index contributed by atoms with van der Waals surface area (Å²) in [4.78, 5) is 9.93. The molecule has 0 radical (unpaired) electrons. The number of allylic oxidation sites excluding steroid dienone is 1. The first-order chi connectivity index (χ1) is 34.7. The zero-order valence-electron chi connectivity index (χ0n) is 45.6. The van der Waals surface area contributed by atoms with Crippen LogP contribution in [0, 0.1) is 24.2 Å². The first kappa shape index (κ1) is 52.6. The maximum absolute atomic E-state index is 5.22. The minimum absolute atomic E-state index is 0. The van der Waals surface area contributed by atoms with Crippen molar-refractivity contribution in [1.82, 2.24) is 9.55 Å². The molecule has 10 rings (SSSR count). The molecule has 7 aromatic carbocycles. The zero-order valence-corrected chi connectivity index (χ0v) is 48.9. The Morgan fingerprint density at radius 2 is 1.15 bits per heavy atom. The number of benzene rings is 7. The maximum atomic E-state index is 5.22. The first-order valence-corrected chi connectivity index (χ1v) is 28.3. The van der Waals surface area contributed by atoms with E-state index in [1.54, 1.807) is 0 Å². The Morgan fingerprint density at radius 1 is 0.541 bits per heavy atom. The van der Waals surface area contributed by atoms with Gasteiger partial charge in [-0.05, 0) is 103 Å². The van der Waals surface area contributed by atoms with E-state index in [9.17, 15) is 0 Å². The monoisotopic (exact) mass is 1170 g/mol. The number of pyridine rings is 1. The third-order valence-electron chi connectivity index (χ3n) is 15.0. The van der Waals surface area contributed by atoms with Crippen molar-refractivity contribution in [2.45, 2.75) is 113 Å². The van der Waals surface area contributed by atoms with E-state index in [0.29, 0.717) is 11.8 Å². The van der Waals surface area contributed by atoms with E-state index in [-0.39, 0.29) is 37.3 Å². The molecule has 3 heterocycles. The zero-order chi connectivity index (χ0) is 51.6. The molecule has 2 aromatic heterocycles. The Morgan fingerprint density at radius 3 is 1.76 bits per heavy atom. The molecule has 4 nitrogen and oxygen atoms in total. The second kappa shape index (κ2) is 20.1. The van der Waals surface area contributed by atoms with Gasteiger partial charge >= 0.3 is 0 Å². The predicted octanol–water partition coefficient (Wildman–Crippen LogP) is 15.0. The van der Waals surface area contributed by atoms with Crippen LogP contribution in [0.2, 0.25) is 0 Å². The fourth-order valence-corrected chi connectivity index (χ4v) is 15.6. The van der Waals surface area contributed by atoms with Crippen LogP contribution in [0.5, 0.6) is 0 Å². The smallest absolute Gasteiger partial charge is 0.136 e. The van der Waals surface area contributed by atoms with E-state index in [0.717, 1.165) is 38.8 Å². The summed E-state index contributed by atoms with van der Waals surface area (Å²) in [5.74, 6) is 1.60. The molecule has 0 amide bonds. The summed E-state index contributed by atoms with van der Waals surface area (Å²) in [5, 5.41) is 7.23. The van der Waals surface area contributed by atoms with Crippen LogP contribution in [0.15, 0.2) is 182 Å². The van der Waals surface area contributed by atoms with Gasteiger partial charge in [0.25, 0.3) is 0 Å². The number of anilines is 2. The molecule has 0 saturated heterocycles. The summed E-state index contributed by atoms with van der Waals surface area (Å²) in [7, 11) is -3.28. The fourth-order valence-electron chi connectivity index (χ4n) is 11.0. The van der Waals surface area contributed by atoms with Gasteiger partial charge in [-0.2, -0.15) is 46.3 Å². The maximum Gasteiger partial charge on any atom is 0.136 e. The molecule has 0 unspecified atom stereocenters. The van der Waals surface area contributed by atoms with Gasteiger partial charge in [0, 0.05) is 49.6 Å². The Kier molecular flexibility index (Phi) is 14.3. The van der Waals surface area contributed by atoms with Crippen LogP contribution in [0.1, 0.15) is 124 Å². The molecule has 0 atom stereocenters. The summed E-state index contributed by atoms with van der Waals surface area (Å²) in [6.07, 6.45) is 4.32. The third kappa shape index (κ3) is 9.56. The van der Waals surface area contributed by atoms with Gasteiger partial charge in [-0.15, -0.1) is 23.8 Å². The molecule has 0 bridgehead atoms. The van der Waals surface area contributed by atoms with Crippen molar-refractivity contribution in [2.24, 2.45) is 5.41 Å². The standard InChI is InChI=1S/C68H71N4Si.Pt/c1-46(2)57-31-23-32-58(47(3)4)65(57)48-36-37-69-64(38-48)72-61-33-21-20-30-59(61)60-35-34-55(43-62(60)72)73(53-26-16-14-17-27-53,54-28-18-15-19-29-54)56-41-50(67(8,9)10)40-52(42-56)71-45-70(44-63(71)68(11,12)13)51-25-22-24-49(39-51)66(5,6)7;/h14-41,44-47H,1-13H3;/q-3;. The number of aromatic nitrogens is 2. The molecule has 1 aliphatic heterocycles. The number of nitrogens with zero attached hydrogens (tertiary/aromatic N) is 4. The topological polar surface area (TPSA) is 24.3 Å². The number of hydrogen-bond acceptors (Lipinski definition) is 3. The summed E-state index contributed by atoms with van der Waals surface area (Å²) < 4.78 is 2.36. The van der Waals surface area contributed by atoms with Crippen LogP contribution >= 0.6 is 0 Å². The second-order valence-electron chi connectivity index (χ2n) is 23.9. The van der Waals surface area contributed by atoms with Crippen molar-refractivity contribution in [3.8, 4) is 16.9 Å². The van der Waals surface area contributed by atoms with Crippen LogP contribution in [0.25, 0.3) is 38.8 Å². The van der Waals surface area contributed by atoms with Crippen LogP contribution in [0.4, 0.5) is 11.4 Å². The van der Waals surface area contributed by atoms with Crippen LogP contribution in [0.3, 0.4) is 0 Å². The summed E-state index contributed by atoms with van der Waals surface area (Å²) in [6, 6.07) is 69.7. The Labute approximate surface area is 457 Å². The molecule has 380 valence electrons. The molecule has 0 N–H and O–H groups in total. The van der Waals surface area contributed by atoms with Gasteiger partial charge in [-0.3, -0.25) is 0 Å². The summed E-state index contributed by atoms with van der Waals surface area (Å²) >= 11 is 0. The minimum atomic E-state index is -3.28. The second-order valence-corrected chi connectivity index (χ2v) is 27.6. The van der Waals surface area contributed by atoms with Gasteiger partial charge < -0.3 is 14.4 Å². The average molecular weight is 1170 g/mol. The van der Waals surface area contributed by atoms with E-state index in [1.807, 2.05) is 6.20 Å². The Balaban J connectivity index is 0.00000672. The normalized spacial score (nSPS) is 13.6. The number of rotatable bonds is 10. The van der Waals surface area contributed by atoms with E-state index in [2.05, 4.69) is 293 Å². The molecule has 1 aliphatic rings. The van der Waals surface area contributed by atoms with Crippen LogP contribution < -0.4 is 30.5 Å². The Bertz CT molecular complexity index is 3450. The quantitative estimate of drug-likeness (QED) is 0.0775. The van der Waals surface area contributed by atoms with Crippen molar-refractivity contribution in [3.05, 3.63) is 223 Å². The molecular formula is C68H71N4PtSi-3. The minimum Gasteiger partial charge on any atom is -0.497 e. The van der Waals surface area contributed by atoms with Crippen LogP contribution in [-0.2, 0) is 31.9 Å². The van der Waals surface area contributed by atoms with Crippen molar-refractivity contribution in [1.29, 1.82) is 0 Å². The van der Waals surface area contributed by atoms with E-state index < -0.39 is 8.07 Å². The van der Waals surface area contributed by atoms with Gasteiger partial charge in [0.1, 0.15) is 13.9 Å². The van der Waals surface area contributed by atoms with E-state index in [1.165, 1.54) is 60.0 Å². The van der Waals surface area contributed by atoms with Gasteiger partial charge in [-0.1, -0.05) is 205 Å². The molecule has 6 heteroatoms. The molecular weight excluding hydrogens is 1100 g/mol. The van der Waals surface area contributed by atoms with E-state index >= 15 is 0 Å². The van der Waals surface area contributed by atoms with Gasteiger partial charge in [-0.25, -0.2) is 4.98 Å². The first-order valence-electron chi connectivity index (χ1n) is 26.3. The Hall–Kier alpha value is -6.26. The molecule has 0 saturated carbocycles. The van der Waals surface area contributed by atoms with Gasteiger partial charge in [0.2, 0.25) is 0 Å². The average Bonchev–Trinajstić information content (AvgIpc) is 3.98. The number of hydrogen-bond donors (Lipinski definition) is 0. The molecule has 0 fully saturated rings. The SMILES string of the molecule is CC(C)c1cccc(C(C)C)c1-c1ccnc(-n2c3[c-]c([Si](c4[c-]c(N5[CH-]N(c6cccc(C(C)(C)C)c6)C=C5C(C)(C)C)cc(C(C)(C)C)c4)(c4ccccc4)c4ccccc4)ccc3c3ccccc32)c1.[Pt]. The number of para-hydroxylation sites is 1. The number of fused-ring (bicyclic) bond motifs is 3.